The van der Waals surface area contributed by atoms with Crippen LogP contribution in [0.15, 0.2) is 36.5 Å². The molecule has 0 aromatic carbocycles. The Balaban J connectivity index is 3.46. The van der Waals surface area contributed by atoms with E-state index in [1.807, 2.05) is 6.08 Å². The summed E-state index contributed by atoms with van der Waals surface area (Å²) in [6.07, 6.45) is 6.16. The van der Waals surface area contributed by atoms with Crippen LogP contribution >= 0.6 is 0 Å². The smallest absolute Gasteiger partial charge is 0.0250 e. The van der Waals surface area contributed by atoms with Crippen molar-refractivity contribution >= 4 is 0 Å². The van der Waals surface area contributed by atoms with Gasteiger partial charge in [0, 0.05) is 0 Å². The lowest BCUT2D eigenvalue weighted by atomic mass is 10.2. The quantitative estimate of drug-likeness (QED) is 0.318. The lowest BCUT2D eigenvalue weighted by molar-refractivity contribution is 0.999. The summed E-state index contributed by atoms with van der Waals surface area (Å²) in [5.74, 6) is 0. The molecule has 0 saturated carbocycles. The highest BCUT2D eigenvalue weighted by atomic mass is 14.5. The van der Waals surface area contributed by atoms with Crippen LogP contribution < -0.4 is 0 Å². The van der Waals surface area contributed by atoms with Crippen LogP contribution in [0.4, 0.5) is 0 Å². The molecule has 0 heteroatoms. The molecule has 0 fully saturated rings. The summed E-state index contributed by atoms with van der Waals surface area (Å²) in [7, 11) is 0. The van der Waals surface area contributed by atoms with Crippen LogP contribution in [0.3, 0.4) is 0 Å². The van der Waals surface area contributed by atoms with Gasteiger partial charge in [0.25, 0.3) is 0 Å². The molecule has 0 rings (SSSR count). The summed E-state index contributed by atoms with van der Waals surface area (Å²) in [4.78, 5) is 0. The van der Waals surface area contributed by atoms with Crippen LogP contribution in [-0.4, -0.2) is 0 Å². The van der Waals surface area contributed by atoms with Gasteiger partial charge in [-0.1, -0.05) is 36.5 Å². The molecule has 0 heterocycles. The average Bonchev–Trinajstić information content (AvgIpc) is 1.87. The lowest BCUT2D eigenvalue weighted by Crippen LogP contribution is -1.74. The third-order valence-corrected chi connectivity index (χ3v) is 1.31. The summed E-state index contributed by atoms with van der Waals surface area (Å²) >= 11 is 0. The minimum Gasteiger partial charge on any atom is -0.0988 e. The van der Waals surface area contributed by atoms with Crippen LogP contribution in [0, 0.1) is 0 Å². The number of allylic oxidation sites excluding steroid dienone is 4. The van der Waals surface area contributed by atoms with Crippen molar-refractivity contribution in [2.24, 2.45) is 0 Å². The number of hydrogen-bond donors (Lipinski definition) is 0. The van der Waals surface area contributed by atoms with E-state index in [9.17, 15) is 0 Å². The Bertz CT molecular complexity index is 145. The molecule has 0 atom stereocenters. The molecule has 56 valence electrons. The van der Waals surface area contributed by atoms with Crippen molar-refractivity contribution in [3.63, 3.8) is 0 Å². The predicted molar refractivity (Wildman–Crippen MR) is 48.0 cm³/mol. The van der Waals surface area contributed by atoms with E-state index in [0.717, 1.165) is 18.4 Å². The second kappa shape index (κ2) is 5.04. The van der Waals surface area contributed by atoms with E-state index in [1.165, 1.54) is 5.57 Å². The maximum Gasteiger partial charge on any atom is -0.0250 e. The SMILES string of the molecule is C=CC(=C)CCC=[13C]([13CH3])[13CH3]. The van der Waals surface area contributed by atoms with Crippen LogP contribution in [0.2, 0.25) is 0 Å². The minimum atomic E-state index is 1.04. The van der Waals surface area contributed by atoms with E-state index >= 15 is 0 Å². The first-order valence-electron chi connectivity index (χ1n) is 3.60. The first-order chi connectivity index (χ1) is 4.66. The minimum absolute atomic E-state index is 1.04. The molecule has 0 aliphatic heterocycles. The molecule has 0 aliphatic carbocycles. The van der Waals surface area contributed by atoms with Gasteiger partial charge in [-0.05, 0) is 26.7 Å². The van der Waals surface area contributed by atoms with E-state index in [4.69, 9.17) is 0 Å². The Morgan fingerprint density at radius 2 is 2.00 bits per heavy atom. The van der Waals surface area contributed by atoms with Crippen LogP contribution in [0.25, 0.3) is 0 Å². The highest BCUT2D eigenvalue weighted by molar-refractivity contribution is 5.11. The normalized spacial score (nSPS) is 8.60. The van der Waals surface area contributed by atoms with Gasteiger partial charge in [0.1, 0.15) is 0 Å². The molecule has 0 amide bonds. The van der Waals surface area contributed by atoms with Crippen molar-refractivity contribution in [2.45, 2.75) is 26.7 Å². The van der Waals surface area contributed by atoms with Crippen LogP contribution in [-0.2, 0) is 0 Å². The predicted octanol–water partition coefficient (Wildman–Crippen LogP) is 3.48. The van der Waals surface area contributed by atoms with Gasteiger partial charge < -0.3 is 0 Å². The maximum atomic E-state index is 3.82. The highest BCUT2D eigenvalue weighted by Gasteiger charge is 1.84. The van der Waals surface area contributed by atoms with Crippen molar-refractivity contribution in [1.82, 2.24) is 0 Å². The summed E-state index contributed by atoms with van der Waals surface area (Å²) in [5, 5.41) is 0. The third kappa shape index (κ3) is 5.36. The van der Waals surface area contributed by atoms with E-state index < -0.39 is 0 Å². The van der Waals surface area contributed by atoms with Crippen molar-refractivity contribution in [3.05, 3.63) is 36.5 Å². The van der Waals surface area contributed by atoms with E-state index in [1.54, 1.807) is 0 Å². The van der Waals surface area contributed by atoms with E-state index in [-0.39, 0.29) is 0 Å². The number of rotatable bonds is 4. The Morgan fingerprint density at radius 3 is 2.40 bits per heavy atom. The summed E-state index contributed by atoms with van der Waals surface area (Å²) in [5.41, 5.74) is 2.49. The second-order valence-electron chi connectivity index (χ2n) is 2.68. The topological polar surface area (TPSA) is 0 Å². The van der Waals surface area contributed by atoms with Gasteiger partial charge in [0.05, 0.1) is 0 Å². The van der Waals surface area contributed by atoms with Gasteiger partial charge in [-0.2, -0.15) is 0 Å². The molecule has 0 nitrogen and oxygen atoms in total. The summed E-state index contributed by atoms with van der Waals surface area (Å²) in [6.45, 7) is 11.7. The van der Waals surface area contributed by atoms with Gasteiger partial charge in [-0.25, -0.2) is 0 Å². The molecule has 0 radical (unpaired) electrons. The molecule has 0 saturated heterocycles. The molecule has 0 unspecified atom stereocenters. The van der Waals surface area contributed by atoms with Gasteiger partial charge in [-0.15, -0.1) is 0 Å². The van der Waals surface area contributed by atoms with Gasteiger partial charge >= 0.3 is 0 Å². The Hall–Kier alpha value is -0.780. The zero-order valence-corrected chi connectivity index (χ0v) is 6.98. The molecule has 0 aromatic heterocycles. The van der Waals surface area contributed by atoms with Crippen LogP contribution in [0.5, 0.6) is 0 Å². The molecular weight excluding hydrogens is 123 g/mol. The van der Waals surface area contributed by atoms with Gasteiger partial charge in [0.15, 0.2) is 0 Å². The standard InChI is InChI=1S/C10H16/c1-5-10(4)8-6-7-9(2)3/h5,7H,1,4,6,8H2,2-3H3/i2+1,3+1,9+1. The molecule has 0 aromatic rings. The monoisotopic (exact) mass is 139 g/mol. The second-order valence-corrected chi connectivity index (χ2v) is 2.68. The molecule has 0 bridgehead atoms. The lowest BCUT2D eigenvalue weighted by Gasteiger charge is -1.94. The Morgan fingerprint density at radius 1 is 1.40 bits per heavy atom. The van der Waals surface area contributed by atoms with Crippen molar-refractivity contribution < 1.29 is 0 Å². The van der Waals surface area contributed by atoms with Gasteiger partial charge in [-0.3, -0.25) is 0 Å². The average molecular weight is 139 g/mol. The molecule has 0 spiro atoms. The molecule has 0 aliphatic rings. The Labute approximate surface area is 64.0 Å². The van der Waals surface area contributed by atoms with Crippen LogP contribution in [0.1, 0.15) is 26.7 Å². The zero-order chi connectivity index (χ0) is 7.98. The first kappa shape index (κ1) is 9.22. The van der Waals surface area contributed by atoms with Gasteiger partial charge in [0.2, 0.25) is 0 Å². The van der Waals surface area contributed by atoms with Crippen molar-refractivity contribution in [1.29, 1.82) is 0 Å². The summed E-state index contributed by atoms with van der Waals surface area (Å²) in [6, 6.07) is 0. The third-order valence-electron chi connectivity index (χ3n) is 1.31. The highest BCUT2D eigenvalue weighted by Crippen LogP contribution is 2.04. The fraction of sp³-hybridized carbons (Fsp3) is 0.400. The molecule has 0 N–H and O–H groups in total. The molecular formula is C10H16. The fourth-order valence-corrected chi connectivity index (χ4v) is 0.648. The largest absolute Gasteiger partial charge is 0.0988 e. The maximum absolute atomic E-state index is 3.82. The first-order valence-corrected chi connectivity index (χ1v) is 3.60. The van der Waals surface area contributed by atoms with E-state index in [0.29, 0.717) is 0 Å². The summed E-state index contributed by atoms with van der Waals surface area (Å²) < 4.78 is 0. The Kier molecular flexibility index (Phi) is 4.65. The zero-order valence-electron chi connectivity index (χ0n) is 6.98. The van der Waals surface area contributed by atoms with Crippen molar-refractivity contribution in [3.8, 4) is 0 Å². The fourth-order valence-electron chi connectivity index (χ4n) is 0.648. The van der Waals surface area contributed by atoms with Crippen molar-refractivity contribution in [2.75, 3.05) is 0 Å². The number of hydrogen-bond acceptors (Lipinski definition) is 0. The van der Waals surface area contributed by atoms with E-state index in [2.05, 4.69) is 33.1 Å². The molecule has 10 heavy (non-hydrogen) atoms.